The lowest BCUT2D eigenvalue weighted by Crippen LogP contribution is -2.27. The molecule has 2 amide bonds. The van der Waals surface area contributed by atoms with Gasteiger partial charge in [0, 0.05) is 17.3 Å². The van der Waals surface area contributed by atoms with Crippen molar-refractivity contribution in [2.24, 2.45) is 5.73 Å². The second kappa shape index (κ2) is 8.80. The van der Waals surface area contributed by atoms with Crippen molar-refractivity contribution in [3.05, 3.63) is 65.2 Å². The molecule has 0 unspecified atom stereocenters. The number of pyridine rings is 1. The number of amides is 2. The average molecular weight is 434 g/mol. The molecule has 9 nitrogen and oxygen atoms in total. The molecule has 0 aliphatic carbocycles. The van der Waals surface area contributed by atoms with Gasteiger partial charge in [-0.15, -0.1) is 0 Å². The van der Waals surface area contributed by atoms with Crippen molar-refractivity contribution in [1.82, 2.24) is 20.0 Å². The van der Waals surface area contributed by atoms with Gasteiger partial charge >= 0.3 is 0 Å². The first-order valence-corrected chi connectivity index (χ1v) is 10.6. The van der Waals surface area contributed by atoms with Crippen LogP contribution in [0.2, 0.25) is 0 Å². The van der Waals surface area contributed by atoms with Crippen LogP contribution < -0.4 is 22.2 Å². The number of carbonyl (C=O) groups excluding carboxylic acids is 2. The average Bonchev–Trinajstić information content (AvgIpc) is 3.41. The second-order valence-electron chi connectivity index (χ2n) is 8.21. The van der Waals surface area contributed by atoms with Crippen LogP contribution >= 0.6 is 0 Å². The first kappa shape index (κ1) is 21.5. The highest BCUT2D eigenvalue weighted by Crippen LogP contribution is 2.29. The normalized spacial score (nSPS) is 15.8. The molecule has 9 heteroatoms. The van der Waals surface area contributed by atoms with Gasteiger partial charge in [-0.1, -0.05) is 26.0 Å². The summed E-state index contributed by atoms with van der Waals surface area (Å²) in [5.74, 6) is 6.63. The molecule has 3 heterocycles. The molecule has 3 aromatic rings. The Morgan fingerprint density at radius 3 is 2.59 bits per heavy atom. The highest BCUT2D eigenvalue weighted by molar-refractivity contribution is 6.04. The number of benzene rings is 1. The van der Waals surface area contributed by atoms with Crippen molar-refractivity contribution < 1.29 is 9.59 Å². The number of nitrogens with two attached hydrogens (primary N) is 2. The molecule has 166 valence electrons. The molecule has 1 saturated heterocycles. The molecule has 6 N–H and O–H groups in total. The third kappa shape index (κ3) is 4.19. The predicted octanol–water partition coefficient (Wildman–Crippen LogP) is 2.56. The Balaban J connectivity index is 1.58. The number of nitrogens with zero attached hydrogens (tertiary/aromatic N) is 3. The molecule has 2 aromatic heterocycles. The van der Waals surface area contributed by atoms with E-state index in [1.54, 1.807) is 30.5 Å². The molecule has 1 aliphatic heterocycles. The number of aromatic nitrogens is 3. The van der Waals surface area contributed by atoms with Crippen LogP contribution in [-0.2, 0) is 0 Å². The van der Waals surface area contributed by atoms with E-state index in [-0.39, 0.29) is 17.6 Å². The van der Waals surface area contributed by atoms with Crippen LogP contribution in [0.4, 0.5) is 5.82 Å². The van der Waals surface area contributed by atoms with Gasteiger partial charge in [-0.2, -0.15) is 0 Å². The minimum Gasteiger partial charge on any atom is -0.364 e. The fourth-order valence-electron chi connectivity index (χ4n) is 3.88. The van der Waals surface area contributed by atoms with E-state index in [4.69, 9.17) is 11.6 Å². The van der Waals surface area contributed by atoms with E-state index in [1.165, 1.54) is 4.68 Å². The monoisotopic (exact) mass is 433 g/mol. The Morgan fingerprint density at radius 1 is 1.22 bits per heavy atom. The van der Waals surface area contributed by atoms with Gasteiger partial charge in [-0.3, -0.25) is 9.59 Å². The highest BCUT2D eigenvalue weighted by atomic mass is 16.2. The Hall–Kier alpha value is -3.72. The predicted molar refractivity (Wildman–Crippen MR) is 123 cm³/mol. The largest absolute Gasteiger partial charge is 0.364 e. The molecule has 1 aromatic carbocycles. The SMILES string of the molecule is CC(C)c1ccnc(NC(=O)c2ccc(-c3nc([C@@H]4CCCN4)n(N)c3C(N)=O)cc2)c1. The van der Waals surface area contributed by atoms with Gasteiger partial charge in [0.1, 0.15) is 17.3 Å². The van der Waals surface area contributed by atoms with Gasteiger partial charge < -0.3 is 22.2 Å². The maximum atomic E-state index is 12.7. The summed E-state index contributed by atoms with van der Waals surface area (Å²) >= 11 is 0. The number of carbonyl (C=O) groups is 2. The summed E-state index contributed by atoms with van der Waals surface area (Å²) in [5, 5.41) is 6.15. The fraction of sp³-hybridized carbons (Fsp3) is 0.304. The van der Waals surface area contributed by atoms with Crippen LogP contribution in [0.1, 0.15) is 70.9 Å². The molecule has 0 radical (unpaired) electrons. The Labute approximate surface area is 186 Å². The molecular formula is C23H27N7O2. The van der Waals surface area contributed by atoms with Crippen molar-refractivity contribution in [2.45, 2.75) is 38.6 Å². The molecule has 1 atom stereocenters. The molecule has 0 bridgehead atoms. The van der Waals surface area contributed by atoms with Crippen molar-refractivity contribution in [3.8, 4) is 11.3 Å². The Morgan fingerprint density at radius 2 is 1.97 bits per heavy atom. The lowest BCUT2D eigenvalue weighted by atomic mass is 10.0. The van der Waals surface area contributed by atoms with E-state index in [2.05, 4.69) is 34.4 Å². The second-order valence-corrected chi connectivity index (χ2v) is 8.21. The first-order chi connectivity index (χ1) is 15.3. The summed E-state index contributed by atoms with van der Waals surface area (Å²) in [4.78, 5) is 33.6. The van der Waals surface area contributed by atoms with Crippen molar-refractivity contribution in [2.75, 3.05) is 17.7 Å². The summed E-state index contributed by atoms with van der Waals surface area (Å²) in [6.45, 7) is 5.03. The van der Waals surface area contributed by atoms with Crippen LogP contribution in [0.15, 0.2) is 42.6 Å². The molecule has 0 spiro atoms. The lowest BCUT2D eigenvalue weighted by molar-refractivity contribution is 0.0991. The van der Waals surface area contributed by atoms with Gasteiger partial charge in [0.2, 0.25) is 0 Å². The smallest absolute Gasteiger partial charge is 0.269 e. The topological polar surface area (TPSA) is 141 Å². The number of rotatable bonds is 6. The van der Waals surface area contributed by atoms with Crippen LogP contribution in [0.5, 0.6) is 0 Å². The minimum atomic E-state index is -0.655. The fourth-order valence-corrected chi connectivity index (χ4v) is 3.88. The van der Waals surface area contributed by atoms with E-state index >= 15 is 0 Å². The van der Waals surface area contributed by atoms with E-state index in [9.17, 15) is 9.59 Å². The summed E-state index contributed by atoms with van der Waals surface area (Å²) in [6.07, 6.45) is 3.58. The third-order valence-corrected chi connectivity index (χ3v) is 5.66. The number of nitrogens with one attached hydrogen (secondary N) is 2. The molecule has 4 rings (SSSR count). The molecular weight excluding hydrogens is 406 g/mol. The molecule has 1 aliphatic rings. The van der Waals surface area contributed by atoms with Crippen molar-refractivity contribution in [3.63, 3.8) is 0 Å². The lowest BCUT2D eigenvalue weighted by Gasteiger charge is -2.09. The van der Waals surface area contributed by atoms with Crippen LogP contribution in [0, 0.1) is 0 Å². The van der Waals surface area contributed by atoms with Gasteiger partial charge in [0.05, 0.1) is 6.04 Å². The first-order valence-electron chi connectivity index (χ1n) is 10.6. The number of anilines is 1. The quantitative estimate of drug-likeness (QED) is 0.440. The zero-order valence-corrected chi connectivity index (χ0v) is 18.1. The van der Waals surface area contributed by atoms with Crippen LogP contribution in [0.3, 0.4) is 0 Å². The Kier molecular flexibility index (Phi) is 5.91. The summed E-state index contributed by atoms with van der Waals surface area (Å²) in [6, 6.07) is 10.6. The maximum absolute atomic E-state index is 12.7. The van der Waals surface area contributed by atoms with Crippen molar-refractivity contribution in [1.29, 1.82) is 0 Å². The van der Waals surface area contributed by atoms with Gasteiger partial charge in [0.25, 0.3) is 11.8 Å². The Bertz CT molecular complexity index is 1150. The zero-order chi connectivity index (χ0) is 22.8. The highest BCUT2D eigenvalue weighted by Gasteiger charge is 2.27. The van der Waals surface area contributed by atoms with Crippen molar-refractivity contribution >= 4 is 17.6 Å². The van der Waals surface area contributed by atoms with E-state index in [0.717, 1.165) is 24.9 Å². The van der Waals surface area contributed by atoms with Gasteiger partial charge in [-0.05, 0) is 55.1 Å². The van der Waals surface area contributed by atoms with Crippen LogP contribution in [0.25, 0.3) is 11.3 Å². The van der Waals surface area contributed by atoms with Gasteiger partial charge in [-0.25, -0.2) is 14.6 Å². The number of primary amides is 1. The van der Waals surface area contributed by atoms with E-state index < -0.39 is 5.91 Å². The summed E-state index contributed by atoms with van der Waals surface area (Å²) in [5.41, 5.74) is 8.33. The third-order valence-electron chi connectivity index (χ3n) is 5.66. The van der Waals surface area contributed by atoms with Gasteiger partial charge in [0.15, 0.2) is 5.69 Å². The minimum absolute atomic E-state index is 0.0222. The molecule has 32 heavy (non-hydrogen) atoms. The zero-order valence-electron chi connectivity index (χ0n) is 18.1. The number of hydrogen-bond acceptors (Lipinski definition) is 6. The summed E-state index contributed by atoms with van der Waals surface area (Å²) < 4.78 is 1.27. The molecule has 1 fully saturated rings. The van der Waals surface area contributed by atoms with Crippen LogP contribution in [-0.4, -0.2) is 33.0 Å². The maximum Gasteiger partial charge on any atom is 0.269 e. The van der Waals surface area contributed by atoms with E-state index in [1.807, 2.05) is 12.1 Å². The summed E-state index contributed by atoms with van der Waals surface area (Å²) in [7, 11) is 0. The van der Waals surface area contributed by atoms with E-state index in [0.29, 0.717) is 34.4 Å². The number of hydrogen-bond donors (Lipinski definition) is 4. The molecule has 0 saturated carbocycles. The number of nitrogen functional groups attached to an aromatic ring is 1. The number of imidazole rings is 1. The standard InChI is InChI=1S/C23H27N7O2/c1-13(2)16-9-11-27-18(12-16)28-23(32)15-7-5-14(6-8-15)19-20(21(24)31)30(25)22(29-19)17-4-3-10-26-17/h5-9,11-13,17,26H,3-4,10,25H2,1-2H3,(H2,24,31)(H,27,28,32)/t17-/m0/s1.